The number of guanidine groups is 1. The minimum Gasteiger partial charge on any atom is -0.364 e. The van der Waals surface area contributed by atoms with Crippen LogP contribution in [0, 0.1) is 11.6 Å². The van der Waals surface area contributed by atoms with Crippen LogP contribution in [0.25, 0.3) is 0 Å². The lowest BCUT2D eigenvalue weighted by Gasteiger charge is -2.40. The molecule has 0 spiro atoms. The number of nitrogens with zero attached hydrogens (tertiary/aromatic N) is 4. The van der Waals surface area contributed by atoms with Gasteiger partial charge in [-0.25, -0.2) is 8.78 Å². The lowest BCUT2D eigenvalue weighted by molar-refractivity contribution is 0.124. The van der Waals surface area contributed by atoms with Crippen LogP contribution in [0.2, 0.25) is 0 Å². The number of nitrogens with one attached hydrogen (secondary N) is 1. The first-order valence-electron chi connectivity index (χ1n) is 9.16. The summed E-state index contributed by atoms with van der Waals surface area (Å²) in [5, 5.41) is 7.16. The zero-order valence-electron chi connectivity index (χ0n) is 16.1. The highest BCUT2D eigenvalue weighted by Gasteiger charge is 2.27. The van der Waals surface area contributed by atoms with Gasteiger partial charge in [-0.2, -0.15) is 0 Å². The number of benzene rings is 1. The smallest absolute Gasteiger partial charge is 0.194 e. The molecule has 2 heterocycles. The van der Waals surface area contributed by atoms with Crippen LogP contribution < -0.4 is 5.32 Å². The molecule has 1 aromatic heterocycles. The van der Waals surface area contributed by atoms with Crippen LogP contribution in [0.4, 0.5) is 8.78 Å². The van der Waals surface area contributed by atoms with Crippen molar-refractivity contribution >= 4 is 29.9 Å². The van der Waals surface area contributed by atoms with Gasteiger partial charge in [-0.15, -0.1) is 24.0 Å². The Balaban J connectivity index is 0.00000280. The van der Waals surface area contributed by atoms with Gasteiger partial charge in [0.1, 0.15) is 23.6 Å². The summed E-state index contributed by atoms with van der Waals surface area (Å²) in [7, 11) is 1.75. The molecule has 154 valence electrons. The summed E-state index contributed by atoms with van der Waals surface area (Å²) in [5.41, 5.74) is 1.37. The summed E-state index contributed by atoms with van der Waals surface area (Å²) >= 11 is 0. The minimum atomic E-state index is -0.544. The van der Waals surface area contributed by atoms with Gasteiger partial charge in [0.25, 0.3) is 0 Å². The van der Waals surface area contributed by atoms with E-state index in [2.05, 4.69) is 25.3 Å². The Morgan fingerprint density at radius 2 is 2.00 bits per heavy atom. The Morgan fingerprint density at radius 3 is 2.57 bits per heavy atom. The van der Waals surface area contributed by atoms with Gasteiger partial charge in [0.15, 0.2) is 5.96 Å². The maximum atomic E-state index is 14.2. The third-order valence-corrected chi connectivity index (χ3v) is 4.89. The Bertz CT molecular complexity index is 764. The molecule has 2 aromatic rings. The van der Waals surface area contributed by atoms with Gasteiger partial charge in [-0.3, -0.25) is 9.89 Å². The first kappa shape index (κ1) is 22.5. The van der Waals surface area contributed by atoms with Crippen molar-refractivity contribution in [2.45, 2.75) is 25.9 Å². The molecule has 1 aliphatic heterocycles. The van der Waals surface area contributed by atoms with Crippen molar-refractivity contribution in [3.05, 3.63) is 53.4 Å². The summed E-state index contributed by atoms with van der Waals surface area (Å²) < 4.78 is 32.3. The fraction of sp³-hybridized carbons (Fsp3) is 0.474. The second-order valence-electron chi connectivity index (χ2n) is 6.50. The third-order valence-electron chi connectivity index (χ3n) is 4.89. The zero-order chi connectivity index (χ0) is 19.2. The van der Waals surface area contributed by atoms with E-state index in [1.807, 2.05) is 6.92 Å². The second-order valence-corrected chi connectivity index (χ2v) is 6.50. The van der Waals surface area contributed by atoms with Crippen molar-refractivity contribution in [2.75, 3.05) is 33.2 Å². The molecule has 0 amide bonds. The van der Waals surface area contributed by atoms with Gasteiger partial charge in [-0.05, 0) is 12.5 Å². The number of hydrogen-bond donors (Lipinski definition) is 1. The fourth-order valence-electron chi connectivity index (χ4n) is 3.52. The van der Waals surface area contributed by atoms with Gasteiger partial charge in [0, 0.05) is 57.0 Å². The Kier molecular flexibility index (Phi) is 8.61. The molecule has 6 nitrogen and oxygen atoms in total. The Hall–Kier alpha value is -1.75. The van der Waals surface area contributed by atoms with Gasteiger partial charge < -0.3 is 14.7 Å². The summed E-state index contributed by atoms with van der Waals surface area (Å²) in [5.74, 6) is -0.217. The number of hydrogen-bond acceptors (Lipinski definition) is 4. The molecule has 28 heavy (non-hydrogen) atoms. The molecular weight excluding hydrogens is 479 g/mol. The molecule has 1 saturated heterocycles. The highest BCUT2D eigenvalue weighted by molar-refractivity contribution is 14.0. The van der Waals surface area contributed by atoms with Crippen LogP contribution in [0.5, 0.6) is 0 Å². The summed E-state index contributed by atoms with van der Waals surface area (Å²) in [6.45, 7) is 5.68. The molecule has 9 heteroatoms. The molecule has 0 aliphatic carbocycles. The van der Waals surface area contributed by atoms with Crippen molar-refractivity contribution in [1.29, 1.82) is 0 Å². The quantitative estimate of drug-likeness (QED) is 0.384. The largest absolute Gasteiger partial charge is 0.364 e. The first-order valence-corrected chi connectivity index (χ1v) is 9.16. The molecule has 0 bridgehead atoms. The summed E-state index contributed by atoms with van der Waals surface area (Å²) in [6, 6.07) is 5.60. The van der Waals surface area contributed by atoms with Crippen LogP contribution in [0.1, 0.15) is 30.6 Å². The lowest BCUT2D eigenvalue weighted by Crippen LogP contribution is -2.53. The Labute approximate surface area is 181 Å². The van der Waals surface area contributed by atoms with Crippen molar-refractivity contribution < 1.29 is 13.3 Å². The molecule has 0 radical (unpaired) electrons. The molecule has 3 rings (SSSR count). The summed E-state index contributed by atoms with van der Waals surface area (Å²) in [4.78, 5) is 8.75. The van der Waals surface area contributed by atoms with Gasteiger partial charge in [0.2, 0.25) is 0 Å². The van der Waals surface area contributed by atoms with Crippen molar-refractivity contribution in [1.82, 2.24) is 20.3 Å². The standard InChI is InChI=1S/C19H25F2N5O.HI/c1-3-18(16-5-4-14(20)12-17(16)21)25-7-9-26(10-8-25)19(22-2)23-13-15-6-11-27-24-15;/h4-6,11-12,18H,3,7-10,13H2,1-2H3,(H,22,23);1H. The molecule has 1 atom stereocenters. The molecule has 1 aromatic carbocycles. The van der Waals surface area contributed by atoms with Crippen molar-refractivity contribution in [2.24, 2.45) is 4.99 Å². The van der Waals surface area contributed by atoms with E-state index < -0.39 is 11.6 Å². The topological polar surface area (TPSA) is 56.9 Å². The van der Waals surface area contributed by atoms with Crippen LogP contribution in [0.3, 0.4) is 0 Å². The van der Waals surface area contributed by atoms with E-state index in [9.17, 15) is 8.78 Å². The lowest BCUT2D eigenvalue weighted by atomic mass is 10.0. The van der Waals surface area contributed by atoms with Gasteiger partial charge in [-0.1, -0.05) is 18.1 Å². The fourth-order valence-corrected chi connectivity index (χ4v) is 3.52. The molecule has 0 saturated carbocycles. The zero-order valence-corrected chi connectivity index (χ0v) is 18.4. The maximum Gasteiger partial charge on any atom is 0.194 e. The van der Waals surface area contributed by atoms with E-state index >= 15 is 0 Å². The number of rotatable bonds is 5. The normalized spacial score (nSPS) is 16.6. The van der Waals surface area contributed by atoms with E-state index in [0.717, 1.165) is 50.3 Å². The van der Waals surface area contributed by atoms with E-state index in [1.165, 1.54) is 12.3 Å². The molecule has 1 aliphatic rings. The van der Waals surface area contributed by atoms with E-state index in [-0.39, 0.29) is 30.0 Å². The molecule has 1 fully saturated rings. The average Bonchev–Trinajstić information content (AvgIpc) is 3.19. The van der Waals surface area contributed by atoms with Crippen molar-refractivity contribution in [3.63, 3.8) is 0 Å². The Morgan fingerprint density at radius 1 is 1.25 bits per heavy atom. The molecule has 1 N–H and O–H groups in total. The van der Waals surface area contributed by atoms with E-state index in [0.29, 0.717) is 12.1 Å². The number of aliphatic imine (C=N–C) groups is 1. The maximum absolute atomic E-state index is 14.2. The first-order chi connectivity index (χ1) is 13.1. The van der Waals surface area contributed by atoms with Crippen LogP contribution in [-0.4, -0.2) is 54.1 Å². The minimum absolute atomic E-state index is 0. The van der Waals surface area contributed by atoms with Crippen LogP contribution in [0.15, 0.2) is 40.0 Å². The number of halogens is 3. The third kappa shape index (κ3) is 5.40. The number of piperazine rings is 1. The van der Waals surface area contributed by atoms with E-state index in [1.54, 1.807) is 19.2 Å². The van der Waals surface area contributed by atoms with Gasteiger partial charge in [0.05, 0.1) is 6.54 Å². The van der Waals surface area contributed by atoms with Crippen molar-refractivity contribution in [3.8, 4) is 0 Å². The van der Waals surface area contributed by atoms with E-state index in [4.69, 9.17) is 4.52 Å². The highest BCUT2D eigenvalue weighted by atomic mass is 127. The SMILES string of the molecule is CCC(c1ccc(F)cc1F)N1CCN(C(=NC)NCc2ccon2)CC1.I. The number of aromatic nitrogens is 1. The molecule has 1 unspecified atom stereocenters. The monoisotopic (exact) mass is 505 g/mol. The second kappa shape index (κ2) is 10.7. The highest BCUT2D eigenvalue weighted by Crippen LogP contribution is 2.28. The van der Waals surface area contributed by atoms with Crippen LogP contribution in [-0.2, 0) is 6.54 Å². The average molecular weight is 505 g/mol. The molecular formula is C19H26F2IN5O. The summed E-state index contributed by atoms with van der Waals surface area (Å²) in [6.07, 6.45) is 2.31. The van der Waals surface area contributed by atoms with Crippen LogP contribution >= 0.6 is 24.0 Å². The van der Waals surface area contributed by atoms with Gasteiger partial charge >= 0.3 is 0 Å². The predicted octanol–water partition coefficient (Wildman–Crippen LogP) is 3.42. The predicted molar refractivity (Wildman–Crippen MR) is 115 cm³/mol.